The summed E-state index contributed by atoms with van der Waals surface area (Å²) in [5, 5.41) is 0. The molecule has 0 rings (SSSR count). The van der Waals surface area contributed by atoms with Gasteiger partial charge in [0.05, 0.1) is 132 Å². The largest absolute Gasteiger partial charge is 0.463 e. The van der Waals surface area contributed by atoms with Gasteiger partial charge in [0, 0.05) is 12.0 Å². The van der Waals surface area contributed by atoms with Gasteiger partial charge in [0.25, 0.3) is 0 Å². The van der Waals surface area contributed by atoms with Gasteiger partial charge in [0.15, 0.2) is 0 Å². The summed E-state index contributed by atoms with van der Waals surface area (Å²) in [5.41, 5.74) is 0.368. The summed E-state index contributed by atoms with van der Waals surface area (Å²) in [6, 6.07) is 0. The summed E-state index contributed by atoms with van der Waals surface area (Å²) >= 11 is 0. The first-order valence-electron chi connectivity index (χ1n) is 16.8. The SMILES string of the molecule is C=C(C)C(=O)OCCOCCOCCOCCOCCOCCOCCOCCOCCOCCOCCOC(=O)CCCCCC. The number of carbonyl (C=O) groups is 2. The van der Waals surface area contributed by atoms with Crippen LogP contribution < -0.4 is 0 Å². The topological polar surface area (TPSA) is 145 Å². The van der Waals surface area contributed by atoms with Crippen LogP contribution in [-0.4, -0.2) is 157 Å². The second kappa shape index (κ2) is 38.7. The fourth-order valence-corrected chi connectivity index (χ4v) is 3.38. The second-order valence-electron chi connectivity index (χ2n) is 10.1. The van der Waals surface area contributed by atoms with Gasteiger partial charge < -0.3 is 56.8 Å². The monoisotopic (exact) mass is 682 g/mol. The summed E-state index contributed by atoms with van der Waals surface area (Å²) in [5.74, 6) is -0.572. The van der Waals surface area contributed by atoms with Crippen molar-refractivity contribution in [2.45, 2.75) is 46.0 Å². The maximum Gasteiger partial charge on any atom is 0.333 e. The lowest BCUT2D eigenvalue weighted by Gasteiger charge is -2.09. The molecule has 0 saturated heterocycles. The number of rotatable bonds is 39. The van der Waals surface area contributed by atoms with Crippen molar-refractivity contribution in [1.82, 2.24) is 0 Å². The number of ether oxygens (including phenoxy) is 12. The molecule has 0 heterocycles. The van der Waals surface area contributed by atoms with Crippen molar-refractivity contribution in [1.29, 1.82) is 0 Å². The van der Waals surface area contributed by atoms with Crippen LogP contribution in [0.1, 0.15) is 46.0 Å². The normalized spacial score (nSPS) is 11.2. The van der Waals surface area contributed by atoms with E-state index >= 15 is 0 Å². The van der Waals surface area contributed by atoms with Gasteiger partial charge in [-0.15, -0.1) is 0 Å². The Morgan fingerprint density at radius 1 is 0.404 bits per heavy atom. The highest BCUT2D eigenvalue weighted by molar-refractivity contribution is 5.86. The van der Waals surface area contributed by atoms with E-state index in [4.69, 9.17) is 56.8 Å². The minimum Gasteiger partial charge on any atom is -0.463 e. The molecule has 0 amide bonds. The highest BCUT2D eigenvalue weighted by Gasteiger charge is 2.03. The van der Waals surface area contributed by atoms with Gasteiger partial charge in [-0.05, 0) is 13.3 Å². The van der Waals surface area contributed by atoms with E-state index in [9.17, 15) is 9.59 Å². The Balaban J connectivity index is 3.11. The zero-order valence-corrected chi connectivity index (χ0v) is 29.0. The number of esters is 2. The van der Waals surface area contributed by atoms with Gasteiger partial charge in [-0.25, -0.2) is 4.79 Å². The van der Waals surface area contributed by atoms with Crippen LogP contribution in [0.15, 0.2) is 12.2 Å². The smallest absolute Gasteiger partial charge is 0.333 e. The Kier molecular flexibility index (Phi) is 37.3. The number of hydrogen-bond acceptors (Lipinski definition) is 14. The van der Waals surface area contributed by atoms with Gasteiger partial charge in [-0.1, -0.05) is 32.8 Å². The predicted molar refractivity (Wildman–Crippen MR) is 174 cm³/mol. The minimum atomic E-state index is -0.415. The molecule has 0 bridgehead atoms. The Hall–Kier alpha value is -1.72. The molecule has 47 heavy (non-hydrogen) atoms. The molecule has 0 atom stereocenters. The second-order valence-corrected chi connectivity index (χ2v) is 10.1. The van der Waals surface area contributed by atoms with Crippen molar-refractivity contribution in [2.75, 3.05) is 145 Å². The standard InChI is InChI=1S/C33H62O14/c1-4-5-6-7-8-32(34)46-29-27-44-25-23-42-21-19-40-17-15-38-13-11-36-9-10-37-12-14-39-16-18-41-20-22-43-24-26-45-28-30-47-33(35)31(2)3/h2,4-30H2,1,3H3. The van der Waals surface area contributed by atoms with Crippen LogP contribution in [0.2, 0.25) is 0 Å². The molecule has 0 N–H and O–H groups in total. The molecule has 0 fully saturated rings. The van der Waals surface area contributed by atoms with E-state index in [1.54, 1.807) is 6.92 Å². The lowest BCUT2D eigenvalue weighted by Crippen LogP contribution is -2.16. The van der Waals surface area contributed by atoms with E-state index in [0.29, 0.717) is 144 Å². The molecule has 0 aromatic carbocycles. The summed E-state index contributed by atoms with van der Waals surface area (Å²) in [7, 11) is 0. The van der Waals surface area contributed by atoms with Crippen molar-refractivity contribution in [3.8, 4) is 0 Å². The maximum absolute atomic E-state index is 11.5. The molecular weight excluding hydrogens is 620 g/mol. The zero-order valence-electron chi connectivity index (χ0n) is 29.0. The number of carbonyl (C=O) groups excluding carboxylic acids is 2. The number of unbranched alkanes of at least 4 members (excludes halogenated alkanes) is 3. The molecule has 0 unspecified atom stereocenters. The van der Waals surface area contributed by atoms with Crippen molar-refractivity contribution in [2.24, 2.45) is 0 Å². The summed E-state index contributed by atoms with van der Waals surface area (Å²) in [6.07, 6.45) is 4.74. The average molecular weight is 683 g/mol. The van der Waals surface area contributed by atoms with Crippen molar-refractivity contribution < 1.29 is 66.4 Å². The first kappa shape index (κ1) is 45.3. The molecule has 0 aliphatic carbocycles. The molecule has 0 aromatic rings. The third kappa shape index (κ3) is 38.6. The van der Waals surface area contributed by atoms with Crippen molar-refractivity contribution >= 4 is 11.9 Å². The molecule has 0 aliphatic rings. The molecule has 0 aliphatic heterocycles. The van der Waals surface area contributed by atoms with Crippen molar-refractivity contribution in [3.05, 3.63) is 12.2 Å². The average Bonchev–Trinajstić information content (AvgIpc) is 3.06. The third-order valence-corrected chi connectivity index (χ3v) is 5.88. The van der Waals surface area contributed by atoms with Crippen molar-refractivity contribution in [3.63, 3.8) is 0 Å². The molecule has 14 nitrogen and oxygen atoms in total. The van der Waals surface area contributed by atoms with Crippen LogP contribution in [0.5, 0.6) is 0 Å². The lowest BCUT2D eigenvalue weighted by atomic mass is 10.2. The summed E-state index contributed by atoms with van der Waals surface area (Å²) < 4.78 is 64.3. The lowest BCUT2D eigenvalue weighted by molar-refractivity contribution is -0.145. The van der Waals surface area contributed by atoms with E-state index in [2.05, 4.69) is 13.5 Å². The van der Waals surface area contributed by atoms with E-state index in [1.807, 2.05) is 0 Å². The molecule has 0 aromatic heterocycles. The van der Waals surface area contributed by atoms with Crippen LogP contribution in [0, 0.1) is 0 Å². The summed E-state index contributed by atoms with van der Waals surface area (Å²) in [6.45, 7) is 16.9. The van der Waals surface area contributed by atoms with Crippen LogP contribution in [-0.2, 0) is 66.4 Å². The van der Waals surface area contributed by atoms with Gasteiger partial charge in [-0.3, -0.25) is 4.79 Å². The van der Waals surface area contributed by atoms with Crippen LogP contribution in [0.25, 0.3) is 0 Å². The van der Waals surface area contributed by atoms with Crippen LogP contribution >= 0.6 is 0 Å². The third-order valence-electron chi connectivity index (χ3n) is 5.88. The predicted octanol–water partition coefficient (Wildman–Crippen LogP) is 2.79. The van der Waals surface area contributed by atoms with E-state index in [0.717, 1.165) is 25.7 Å². The van der Waals surface area contributed by atoms with Crippen LogP contribution in [0.3, 0.4) is 0 Å². The van der Waals surface area contributed by atoms with Crippen LogP contribution in [0.4, 0.5) is 0 Å². The Bertz CT molecular complexity index is 694. The zero-order chi connectivity index (χ0) is 34.3. The van der Waals surface area contributed by atoms with E-state index in [-0.39, 0.29) is 19.2 Å². The first-order chi connectivity index (χ1) is 23.1. The molecule has 14 heteroatoms. The highest BCUT2D eigenvalue weighted by atomic mass is 16.6. The maximum atomic E-state index is 11.5. The quantitative estimate of drug-likeness (QED) is 0.0532. The Labute approximate surface area is 281 Å². The minimum absolute atomic E-state index is 0.156. The fraction of sp³-hybridized carbons (Fsp3) is 0.879. The Morgan fingerprint density at radius 3 is 0.957 bits per heavy atom. The molecule has 0 saturated carbocycles. The molecule has 0 spiro atoms. The fourth-order valence-electron chi connectivity index (χ4n) is 3.38. The van der Waals surface area contributed by atoms with Gasteiger partial charge in [-0.2, -0.15) is 0 Å². The van der Waals surface area contributed by atoms with Gasteiger partial charge >= 0.3 is 11.9 Å². The highest BCUT2D eigenvalue weighted by Crippen LogP contribution is 2.03. The van der Waals surface area contributed by atoms with Gasteiger partial charge in [0.2, 0.25) is 0 Å². The molecule has 0 radical (unpaired) electrons. The molecular formula is C33H62O14. The summed E-state index contributed by atoms with van der Waals surface area (Å²) in [4.78, 5) is 22.7. The number of hydrogen-bond donors (Lipinski definition) is 0. The van der Waals surface area contributed by atoms with E-state index in [1.165, 1.54) is 0 Å². The first-order valence-corrected chi connectivity index (χ1v) is 16.8. The van der Waals surface area contributed by atoms with E-state index < -0.39 is 5.97 Å². The Morgan fingerprint density at radius 2 is 0.681 bits per heavy atom. The molecule has 278 valence electrons. The van der Waals surface area contributed by atoms with Gasteiger partial charge in [0.1, 0.15) is 13.2 Å².